The van der Waals surface area contributed by atoms with Crippen molar-refractivity contribution in [1.29, 1.82) is 0 Å². The van der Waals surface area contributed by atoms with Gasteiger partial charge in [-0.05, 0) is 89.8 Å². The first-order chi connectivity index (χ1) is 21.6. The molecule has 250 valence electrons. The molecule has 0 aromatic heterocycles. The molecule has 0 radical (unpaired) electrons. The van der Waals surface area contributed by atoms with Crippen molar-refractivity contribution in [2.45, 2.75) is 133 Å². The van der Waals surface area contributed by atoms with Gasteiger partial charge in [-0.15, -0.1) is 0 Å². The first kappa shape index (κ1) is 32.6. The van der Waals surface area contributed by atoms with Gasteiger partial charge in [0.15, 0.2) is 0 Å². The van der Waals surface area contributed by atoms with Crippen molar-refractivity contribution in [3.63, 3.8) is 0 Å². The van der Waals surface area contributed by atoms with Gasteiger partial charge in [-0.2, -0.15) is 0 Å². The van der Waals surface area contributed by atoms with E-state index in [1.54, 1.807) is 0 Å². The van der Waals surface area contributed by atoms with Gasteiger partial charge in [0.1, 0.15) is 0 Å². The van der Waals surface area contributed by atoms with E-state index in [4.69, 9.17) is 4.74 Å². The lowest BCUT2D eigenvalue weighted by Gasteiger charge is -2.49. The van der Waals surface area contributed by atoms with Crippen LogP contribution in [0.1, 0.15) is 96.3 Å². The summed E-state index contributed by atoms with van der Waals surface area (Å²) in [6.07, 6.45) is 17.3. The Morgan fingerprint density at radius 1 is 0.932 bits per heavy atom. The van der Waals surface area contributed by atoms with Crippen molar-refractivity contribution in [2.75, 3.05) is 66.0 Å². The molecule has 4 aliphatic heterocycles. The van der Waals surface area contributed by atoms with E-state index >= 15 is 0 Å². The van der Waals surface area contributed by atoms with E-state index in [1.807, 2.05) is 12.0 Å². The van der Waals surface area contributed by atoms with Crippen molar-refractivity contribution < 1.29 is 14.3 Å². The number of likely N-dealkylation sites (tertiary alicyclic amines) is 1. The Hall–Kier alpha value is -1.30. The fraction of sp³-hybridized carbons (Fsp3) is 0.941. The Bertz CT molecular complexity index is 933. The molecule has 0 bridgehead atoms. The topological polar surface area (TPSA) is 92.4 Å². The highest BCUT2D eigenvalue weighted by Crippen LogP contribution is 2.35. The number of amides is 2. The standard InChI is InChI=1S/C34H61N7O3/c1-44-30-14-13-26-9-5-16-36-33(26)34(30)40-21-8-20-38(23-24-40)29(28-15-22-41(37-28)27-10-3-2-4-11-27)25-31(42)35-17-7-19-39-18-6-12-32(39)43/h26-30,33-34,36-37H,2-25H2,1H3,(H,35,42). The number of ether oxygens (including phenoxy) is 1. The number of hydrogen-bond acceptors (Lipinski definition) is 8. The van der Waals surface area contributed by atoms with Crippen LogP contribution in [-0.2, 0) is 14.3 Å². The molecule has 44 heavy (non-hydrogen) atoms. The number of methoxy groups -OCH3 is 1. The highest BCUT2D eigenvalue weighted by Gasteiger charge is 2.44. The summed E-state index contributed by atoms with van der Waals surface area (Å²) in [5.74, 6) is 1.19. The number of rotatable bonds is 11. The van der Waals surface area contributed by atoms with Crippen LogP contribution in [0.2, 0.25) is 0 Å². The molecule has 2 amide bonds. The normalized spacial score (nSPS) is 34.2. The van der Waals surface area contributed by atoms with Gasteiger partial charge >= 0.3 is 0 Å². The molecular formula is C34H61N7O3. The van der Waals surface area contributed by atoms with Crippen molar-refractivity contribution in [3.8, 4) is 0 Å². The summed E-state index contributed by atoms with van der Waals surface area (Å²) in [5.41, 5.74) is 3.94. The van der Waals surface area contributed by atoms with Gasteiger partial charge in [-0.3, -0.25) is 24.8 Å². The molecule has 0 aromatic carbocycles. The minimum absolute atomic E-state index is 0.155. The third-order valence-electron chi connectivity index (χ3n) is 12.0. The van der Waals surface area contributed by atoms with Gasteiger partial charge in [0, 0.05) is 83.4 Å². The van der Waals surface area contributed by atoms with Crippen LogP contribution in [-0.4, -0.2) is 134 Å². The van der Waals surface area contributed by atoms with E-state index in [2.05, 4.69) is 30.9 Å². The summed E-state index contributed by atoms with van der Waals surface area (Å²) in [5, 5.41) is 9.68. The van der Waals surface area contributed by atoms with Crippen LogP contribution < -0.4 is 16.1 Å². The Balaban J connectivity index is 1.08. The summed E-state index contributed by atoms with van der Waals surface area (Å²) < 4.78 is 6.12. The van der Waals surface area contributed by atoms with Crippen LogP contribution in [0, 0.1) is 5.92 Å². The van der Waals surface area contributed by atoms with E-state index in [0.717, 1.165) is 84.0 Å². The maximum absolute atomic E-state index is 13.4. The van der Waals surface area contributed by atoms with Gasteiger partial charge in [-0.1, -0.05) is 19.3 Å². The second kappa shape index (κ2) is 16.0. The maximum Gasteiger partial charge on any atom is 0.222 e. The highest BCUT2D eigenvalue weighted by molar-refractivity contribution is 5.78. The Labute approximate surface area is 266 Å². The zero-order valence-electron chi connectivity index (χ0n) is 27.5. The van der Waals surface area contributed by atoms with Gasteiger partial charge in [0.05, 0.1) is 12.1 Å². The van der Waals surface area contributed by atoms with Crippen molar-refractivity contribution in [3.05, 3.63) is 0 Å². The number of hydrogen-bond donors (Lipinski definition) is 3. The molecule has 4 saturated heterocycles. The molecule has 6 aliphatic rings. The Morgan fingerprint density at radius 3 is 2.64 bits per heavy atom. The molecule has 6 unspecified atom stereocenters. The minimum Gasteiger partial charge on any atom is -0.380 e. The molecule has 0 spiro atoms. The van der Waals surface area contributed by atoms with E-state index in [0.29, 0.717) is 49.7 Å². The van der Waals surface area contributed by atoms with E-state index in [1.165, 1.54) is 57.8 Å². The Kier molecular flexibility index (Phi) is 11.9. The number of hydrazine groups is 1. The van der Waals surface area contributed by atoms with Crippen molar-refractivity contribution >= 4 is 11.8 Å². The van der Waals surface area contributed by atoms with Gasteiger partial charge < -0.3 is 20.3 Å². The molecule has 3 N–H and O–H groups in total. The van der Waals surface area contributed by atoms with Crippen LogP contribution in [0.25, 0.3) is 0 Å². The fourth-order valence-corrected chi connectivity index (χ4v) is 9.60. The zero-order valence-corrected chi connectivity index (χ0v) is 27.5. The molecule has 6 atom stereocenters. The number of piperidine rings is 1. The molecule has 2 aliphatic carbocycles. The van der Waals surface area contributed by atoms with Crippen LogP contribution >= 0.6 is 0 Å². The molecule has 10 heteroatoms. The summed E-state index contributed by atoms with van der Waals surface area (Å²) in [4.78, 5) is 32.8. The van der Waals surface area contributed by atoms with Gasteiger partial charge in [-0.25, -0.2) is 5.01 Å². The number of fused-ring (bicyclic) bond motifs is 1. The first-order valence-corrected chi connectivity index (χ1v) is 18.4. The van der Waals surface area contributed by atoms with Gasteiger partial charge in [0.25, 0.3) is 0 Å². The maximum atomic E-state index is 13.4. The number of nitrogens with zero attached hydrogens (tertiary/aromatic N) is 4. The summed E-state index contributed by atoms with van der Waals surface area (Å²) >= 11 is 0. The van der Waals surface area contributed by atoms with Crippen molar-refractivity contribution in [1.82, 2.24) is 35.8 Å². The van der Waals surface area contributed by atoms with Crippen LogP contribution in [0.4, 0.5) is 0 Å². The van der Waals surface area contributed by atoms with Gasteiger partial charge in [0.2, 0.25) is 11.8 Å². The second-order valence-corrected chi connectivity index (χ2v) is 14.6. The fourth-order valence-electron chi connectivity index (χ4n) is 9.60. The van der Waals surface area contributed by atoms with Crippen LogP contribution in [0.15, 0.2) is 0 Å². The third kappa shape index (κ3) is 7.97. The molecule has 6 rings (SSSR count). The summed E-state index contributed by atoms with van der Waals surface area (Å²) in [7, 11) is 1.91. The molecule has 0 aromatic rings. The van der Waals surface area contributed by atoms with E-state index in [-0.39, 0.29) is 17.9 Å². The number of carbonyl (C=O) groups excluding carboxylic acids is 2. The monoisotopic (exact) mass is 615 g/mol. The average Bonchev–Trinajstić information content (AvgIpc) is 3.64. The number of nitrogens with one attached hydrogen (secondary N) is 3. The first-order valence-electron chi connectivity index (χ1n) is 18.4. The predicted octanol–water partition coefficient (Wildman–Crippen LogP) is 2.34. The quantitative estimate of drug-likeness (QED) is 0.305. The van der Waals surface area contributed by atoms with E-state index < -0.39 is 0 Å². The Morgan fingerprint density at radius 2 is 1.82 bits per heavy atom. The second-order valence-electron chi connectivity index (χ2n) is 14.6. The molecule has 10 nitrogen and oxygen atoms in total. The largest absolute Gasteiger partial charge is 0.380 e. The van der Waals surface area contributed by atoms with Crippen LogP contribution in [0.5, 0.6) is 0 Å². The SMILES string of the molecule is COC1CCC2CCCNC2C1N1CCCN(C(CC(=O)NCCCN2CCCC2=O)C2CCN(C3CCCCC3)N2)CC1. The smallest absolute Gasteiger partial charge is 0.222 e. The van der Waals surface area contributed by atoms with Crippen LogP contribution in [0.3, 0.4) is 0 Å². The summed E-state index contributed by atoms with van der Waals surface area (Å²) in [6.45, 7) is 8.67. The third-order valence-corrected chi connectivity index (χ3v) is 12.0. The molecular weight excluding hydrogens is 554 g/mol. The minimum atomic E-state index is 0.155. The highest BCUT2D eigenvalue weighted by atomic mass is 16.5. The zero-order chi connectivity index (χ0) is 30.3. The lowest BCUT2D eigenvalue weighted by Crippen LogP contribution is -2.63. The summed E-state index contributed by atoms with van der Waals surface area (Å²) in [6, 6.07) is 2.11. The predicted molar refractivity (Wildman–Crippen MR) is 173 cm³/mol. The molecule has 6 fully saturated rings. The average molecular weight is 616 g/mol. The molecule has 2 saturated carbocycles. The van der Waals surface area contributed by atoms with Crippen molar-refractivity contribution in [2.24, 2.45) is 5.92 Å². The lowest BCUT2D eigenvalue weighted by molar-refractivity contribution is -0.127. The van der Waals surface area contributed by atoms with E-state index in [9.17, 15) is 9.59 Å². The number of carbonyl (C=O) groups is 2. The lowest BCUT2D eigenvalue weighted by atomic mass is 9.74. The molecule has 4 heterocycles.